The first-order chi connectivity index (χ1) is 13.2. The molecule has 0 fully saturated rings. The lowest BCUT2D eigenvalue weighted by Gasteiger charge is -2.03. The Kier molecular flexibility index (Phi) is 4.49. The van der Waals surface area contributed by atoms with E-state index in [4.69, 9.17) is 4.42 Å². The van der Waals surface area contributed by atoms with Crippen molar-refractivity contribution in [1.82, 2.24) is 4.98 Å². The number of fused-ring (bicyclic) bond motifs is 1. The minimum Gasteiger partial charge on any atom is -0.436 e. The predicted octanol–water partition coefficient (Wildman–Crippen LogP) is 5.29. The number of oxazole rings is 1. The van der Waals surface area contributed by atoms with Crippen molar-refractivity contribution >= 4 is 28.8 Å². The predicted molar refractivity (Wildman–Crippen MR) is 104 cm³/mol. The summed E-state index contributed by atoms with van der Waals surface area (Å²) in [7, 11) is 0. The second kappa shape index (κ2) is 7.25. The molecule has 0 radical (unpaired) electrons. The fraction of sp³-hybridized carbons (Fsp3) is 0. The average Bonchev–Trinajstić information content (AvgIpc) is 3.12. The minimum atomic E-state index is -0.310. The Morgan fingerprint density at radius 1 is 0.963 bits per heavy atom. The van der Waals surface area contributed by atoms with Gasteiger partial charge in [-0.2, -0.15) is 0 Å². The van der Waals surface area contributed by atoms with Gasteiger partial charge in [-0.25, -0.2) is 9.37 Å². The molecule has 0 saturated carbocycles. The van der Waals surface area contributed by atoms with Crippen molar-refractivity contribution in [2.45, 2.75) is 0 Å². The number of aromatic nitrogens is 1. The monoisotopic (exact) mass is 358 g/mol. The number of para-hydroxylation sites is 2. The van der Waals surface area contributed by atoms with E-state index in [1.807, 2.05) is 36.4 Å². The van der Waals surface area contributed by atoms with Crippen LogP contribution in [0.2, 0.25) is 0 Å². The maximum Gasteiger partial charge on any atom is 0.248 e. The Bertz CT molecular complexity index is 1080. The van der Waals surface area contributed by atoms with Crippen LogP contribution < -0.4 is 5.32 Å². The van der Waals surface area contributed by atoms with Crippen molar-refractivity contribution < 1.29 is 13.6 Å². The van der Waals surface area contributed by atoms with Gasteiger partial charge in [0, 0.05) is 17.3 Å². The van der Waals surface area contributed by atoms with Crippen molar-refractivity contribution in [2.75, 3.05) is 5.32 Å². The molecule has 1 amide bonds. The van der Waals surface area contributed by atoms with Gasteiger partial charge in [0.25, 0.3) is 0 Å². The van der Waals surface area contributed by atoms with Crippen LogP contribution in [-0.2, 0) is 4.79 Å². The van der Waals surface area contributed by atoms with Crippen molar-refractivity contribution in [2.24, 2.45) is 0 Å². The summed E-state index contributed by atoms with van der Waals surface area (Å²) in [6, 6.07) is 20.7. The Balaban J connectivity index is 1.44. The molecular formula is C22H15FN2O2. The SMILES string of the molecule is O=C(/C=C/c1ccc(F)cc1)Nc1ccc(-c2nc3ccccc3o2)cc1. The van der Waals surface area contributed by atoms with E-state index in [9.17, 15) is 9.18 Å². The topological polar surface area (TPSA) is 55.1 Å². The van der Waals surface area contributed by atoms with Crippen LogP contribution in [0.3, 0.4) is 0 Å². The molecule has 0 saturated heterocycles. The van der Waals surface area contributed by atoms with Crippen LogP contribution in [0.1, 0.15) is 5.56 Å². The van der Waals surface area contributed by atoms with E-state index in [-0.39, 0.29) is 11.7 Å². The highest BCUT2D eigenvalue weighted by molar-refractivity contribution is 6.02. The summed E-state index contributed by atoms with van der Waals surface area (Å²) in [5, 5.41) is 2.78. The van der Waals surface area contributed by atoms with Gasteiger partial charge in [0.05, 0.1) is 0 Å². The molecule has 0 bridgehead atoms. The second-order valence-corrected chi connectivity index (χ2v) is 5.94. The van der Waals surface area contributed by atoms with Crippen LogP contribution in [0.5, 0.6) is 0 Å². The Labute approximate surface area is 155 Å². The zero-order valence-electron chi connectivity index (χ0n) is 14.2. The normalized spacial score (nSPS) is 11.1. The van der Waals surface area contributed by atoms with Crippen molar-refractivity contribution in [3.63, 3.8) is 0 Å². The number of amides is 1. The molecule has 1 heterocycles. The van der Waals surface area contributed by atoms with Gasteiger partial charge in [-0.3, -0.25) is 4.79 Å². The first-order valence-corrected chi connectivity index (χ1v) is 8.38. The molecule has 0 spiro atoms. The van der Waals surface area contributed by atoms with Gasteiger partial charge in [0.15, 0.2) is 5.58 Å². The van der Waals surface area contributed by atoms with Gasteiger partial charge in [-0.1, -0.05) is 24.3 Å². The average molecular weight is 358 g/mol. The first kappa shape index (κ1) is 16.7. The number of nitrogens with one attached hydrogen (secondary N) is 1. The van der Waals surface area contributed by atoms with Gasteiger partial charge in [0.2, 0.25) is 11.8 Å². The Morgan fingerprint density at radius 2 is 1.70 bits per heavy atom. The van der Waals surface area contributed by atoms with Gasteiger partial charge in [0.1, 0.15) is 11.3 Å². The van der Waals surface area contributed by atoms with E-state index in [0.717, 1.165) is 22.2 Å². The zero-order chi connectivity index (χ0) is 18.6. The molecule has 4 aromatic rings. The number of rotatable bonds is 4. The number of nitrogens with zero attached hydrogens (tertiary/aromatic N) is 1. The number of benzene rings is 3. The minimum absolute atomic E-state index is 0.270. The van der Waals surface area contributed by atoms with E-state index in [1.54, 1.807) is 30.3 Å². The number of carbonyl (C=O) groups is 1. The zero-order valence-corrected chi connectivity index (χ0v) is 14.2. The van der Waals surface area contributed by atoms with Crippen LogP contribution in [0.4, 0.5) is 10.1 Å². The molecule has 1 N–H and O–H groups in total. The number of anilines is 1. The van der Waals surface area contributed by atoms with Crippen LogP contribution in [0.15, 0.2) is 83.3 Å². The lowest BCUT2D eigenvalue weighted by molar-refractivity contribution is -0.111. The largest absolute Gasteiger partial charge is 0.436 e. The lowest BCUT2D eigenvalue weighted by atomic mass is 10.2. The summed E-state index contributed by atoms with van der Waals surface area (Å²) in [6.07, 6.45) is 3.03. The Morgan fingerprint density at radius 3 is 2.44 bits per heavy atom. The smallest absolute Gasteiger partial charge is 0.248 e. The maximum absolute atomic E-state index is 12.9. The standard InChI is InChI=1S/C22H15FN2O2/c23-17-10-5-15(6-11-17)7-14-21(26)24-18-12-8-16(9-13-18)22-25-19-3-1-2-4-20(19)27-22/h1-14H,(H,24,26)/b14-7+. The molecule has 0 aliphatic heterocycles. The number of hydrogen-bond acceptors (Lipinski definition) is 3. The van der Waals surface area contributed by atoms with Crippen LogP contribution in [-0.4, -0.2) is 10.9 Å². The number of halogens is 1. The van der Waals surface area contributed by atoms with Gasteiger partial charge >= 0.3 is 0 Å². The number of hydrogen-bond donors (Lipinski definition) is 1. The highest BCUT2D eigenvalue weighted by Gasteiger charge is 2.07. The summed E-state index contributed by atoms with van der Waals surface area (Å²) in [5.41, 5.74) is 3.76. The van der Waals surface area contributed by atoms with Crippen LogP contribution >= 0.6 is 0 Å². The first-order valence-electron chi connectivity index (χ1n) is 8.38. The van der Waals surface area contributed by atoms with E-state index in [2.05, 4.69) is 10.3 Å². The summed E-state index contributed by atoms with van der Waals surface area (Å²) >= 11 is 0. The lowest BCUT2D eigenvalue weighted by Crippen LogP contribution is -2.07. The van der Waals surface area contributed by atoms with Crippen LogP contribution in [0.25, 0.3) is 28.6 Å². The third-order valence-electron chi connectivity index (χ3n) is 3.99. The van der Waals surface area contributed by atoms with E-state index >= 15 is 0 Å². The highest BCUT2D eigenvalue weighted by Crippen LogP contribution is 2.25. The second-order valence-electron chi connectivity index (χ2n) is 5.94. The summed E-state index contributed by atoms with van der Waals surface area (Å²) in [5.74, 6) is -0.0464. The van der Waals surface area contributed by atoms with E-state index in [0.29, 0.717) is 11.6 Å². The van der Waals surface area contributed by atoms with Gasteiger partial charge < -0.3 is 9.73 Å². The fourth-order valence-corrected chi connectivity index (χ4v) is 2.62. The summed E-state index contributed by atoms with van der Waals surface area (Å²) in [4.78, 5) is 16.5. The molecule has 0 aliphatic carbocycles. The molecule has 4 nitrogen and oxygen atoms in total. The quantitative estimate of drug-likeness (QED) is 0.505. The van der Waals surface area contributed by atoms with Crippen molar-refractivity contribution in [3.05, 3.63) is 90.3 Å². The molecular weight excluding hydrogens is 343 g/mol. The maximum atomic E-state index is 12.9. The van der Waals surface area contributed by atoms with E-state index in [1.165, 1.54) is 18.2 Å². The molecule has 27 heavy (non-hydrogen) atoms. The van der Waals surface area contributed by atoms with Crippen LogP contribution in [0, 0.1) is 5.82 Å². The molecule has 0 atom stereocenters. The summed E-state index contributed by atoms with van der Waals surface area (Å²) in [6.45, 7) is 0. The third-order valence-corrected chi connectivity index (χ3v) is 3.99. The molecule has 5 heteroatoms. The molecule has 0 aliphatic rings. The summed E-state index contributed by atoms with van der Waals surface area (Å²) < 4.78 is 18.6. The molecule has 4 rings (SSSR count). The van der Waals surface area contributed by atoms with Gasteiger partial charge in [-0.15, -0.1) is 0 Å². The molecule has 0 unspecified atom stereocenters. The van der Waals surface area contributed by atoms with Crippen molar-refractivity contribution in [3.8, 4) is 11.5 Å². The van der Waals surface area contributed by atoms with Crippen molar-refractivity contribution in [1.29, 1.82) is 0 Å². The molecule has 132 valence electrons. The number of carbonyl (C=O) groups excluding carboxylic acids is 1. The fourth-order valence-electron chi connectivity index (χ4n) is 2.62. The molecule has 1 aromatic heterocycles. The third kappa shape index (κ3) is 3.93. The molecule has 3 aromatic carbocycles. The Hall–Kier alpha value is -3.73. The van der Waals surface area contributed by atoms with E-state index < -0.39 is 0 Å². The highest BCUT2D eigenvalue weighted by atomic mass is 19.1. The van der Waals surface area contributed by atoms with Gasteiger partial charge in [-0.05, 0) is 60.2 Å².